The molecule has 164 valence electrons. The Morgan fingerprint density at radius 1 is 0.969 bits per heavy atom. The van der Waals surface area contributed by atoms with E-state index in [2.05, 4.69) is 0 Å². The molecular formula is C26H26N2O4. The number of aliphatic hydroxyl groups is 1. The fourth-order valence-corrected chi connectivity index (χ4v) is 4.02. The molecule has 2 aromatic carbocycles. The molecule has 1 fully saturated rings. The van der Waals surface area contributed by atoms with Gasteiger partial charge in [0.15, 0.2) is 0 Å². The smallest absolute Gasteiger partial charge is 0.300 e. The highest BCUT2D eigenvalue weighted by Crippen LogP contribution is 2.43. The average molecular weight is 431 g/mol. The molecule has 6 heteroatoms. The first kappa shape index (κ1) is 21.4. The zero-order valence-corrected chi connectivity index (χ0v) is 18.8. The van der Waals surface area contributed by atoms with Gasteiger partial charge >= 0.3 is 0 Å². The normalized spacial score (nSPS) is 17.8. The van der Waals surface area contributed by atoms with Crippen molar-refractivity contribution in [3.63, 3.8) is 0 Å². The Kier molecular flexibility index (Phi) is 5.38. The molecule has 1 saturated heterocycles. The number of carbonyl (C=O) groups excluding carboxylic acids is 2. The van der Waals surface area contributed by atoms with Crippen LogP contribution in [0, 0.1) is 20.8 Å². The van der Waals surface area contributed by atoms with Crippen LogP contribution in [0.4, 0.5) is 11.4 Å². The number of anilines is 2. The molecule has 6 nitrogen and oxygen atoms in total. The van der Waals surface area contributed by atoms with E-state index in [-0.39, 0.29) is 11.3 Å². The Morgan fingerprint density at radius 3 is 2.25 bits per heavy atom. The van der Waals surface area contributed by atoms with Crippen LogP contribution in [0.5, 0.6) is 0 Å². The van der Waals surface area contributed by atoms with Crippen LogP contribution < -0.4 is 9.80 Å². The molecule has 3 aromatic rings. The molecule has 0 saturated carbocycles. The highest BCUT2D eigenvalue weighted by molar-refractivity contribution is 6.51. The van der Waals surface area contributed by atoms with Gasteiger partial charge in [0.05, 0.1) is 5.57 Å². The third kappa shape index (κ3) is 3.58. The van der Waals surface area contributed by atoms with E-state index in [0.29, 0.717) is 22.8 Å². The Hall–Kier alpha value is -3.80. The summed E-state index contributed by atoms with van der Waals surface area (Å²) in [6.45, 7) is 5.57. The maximum atomic E-state index is 13.2. The lowest BCUT2D eigenvalue weighted by Crippen LogP contribution is -2.29. The number of rotatable bonds is 4. The molecule has 1 unspecified atom stereocenters. The molecule has 1 aromatic heterocycles. The van der Waals surface area contributed by atoms with Gasteiger partial charge in [0.2, 0.25) is 0 Å². The van der Waals surface area contributed by atoms with Crippen LogP contribution in [-0.4, -0.2) is 30.9 Å². The van der Waals surface area contributed by atoms with E-state index in [9.17, 15) is 14.7 Å². The standard InChI is InChI=1S/C26H26N2O4/c1-15-6-7-16(2)20(14-15)24(29)22-23(21-13-8-17(3)32-21)28(26(31)25(22)30)19-11-9-18(10-12-19)27(4)5/h6-14,23,29H,1-5H3/b24-22+. The van der Waals surface area contributed by atoms with E-state index in [4.69, 9.17) is 4.42 Å². The van der Waals surface area contributed by atoms with Crippen molar-refractivity contribution in [2.45, 2.75) is 26.8 Å². The molecule has 1 aliphatic rings. The minimum absolute atomic E-state index is 0.0229. The van der Waals surface area contributed by atoms with E-state index in [1.807, 2.05) is 63.2 Å². The first-order valence-electron chi connectivity index (χ1n) is 10.4. The Balaban J connectivity index is 1.93. The third-order valence-corrected chi connectivity index (χ3v) is 5.77. The number of hydrogen-bond acceptors (Lipinski definition) is 5. The molecular weight excluding hydrogens is 404 g/mol. The van der Waals surface area contributed by atoms with Crippen molar-refractivity contribution in [3.05, 3.63) is 88.4 Å². The van der Waals surface area contributed by atoms with Crippen LogP contribution in [0.15, 0.2) is 64.6 Å². The minimum Gasteiger partial charge on any atom is -0.507 e. The summed E-state index contributed by atoms with van der Waals surface area (Å²) in [6, 6.07) is 15.6. The summed E-state index contributed by atoms with van der Waals surface area (Å²) < 4.78 is 5.85. The lowest BCUT2D eigenvalue weighted by Gasteiger charge is -2.24. The summed E-state index contributed by atoms with van der Waals surface area (Å²) in [5.41, 5.74) is 3.82. The van der Waals surface area contributed by atoms with Gasteiger partial charge in [-0.25, -0.2) is 0 Å². The second-order valence-corrected chi connectivity index (χ2v) is 8.35. The number of benzene rings is 2. The van der Waals surface area contributed by atoms with E-state index < -0.39 is 17.7 Å². The van der Waals surface area contributed by atoms with Gasteiger partial charge in [-0.05, 0) is 68.8 Å². The number of hydrogen-bond donors (Lipinski definition) is 1. The summed E-state index contributed by atoms with van der Waals surface area (Å²) in [5.74, 6) is -0.561. The quantitative estimate of drug-likeness (QED) is 0.362. The maximum absolute atomic E-state index is 13.2. The zero-order chi connectivity index (χ0) is 23.2. The van der Waals surface area contributed by atoms with Crippen molar-refractivity contribution in [2.75, 3.05) is 23.9 Å². The fraction of sp³-hybridized carbons (Fsp3) is 0.231. The number of aryl methyl sites for hydroxylation is 3. The monoisotopic (exact) mass is 430 g/mol. The summed E-state index contributed by atoms with van der Waals surface area (Å²) in [7, 11) is 3.86. The van der Waals surface area contributed by atoms with Crippen molar-refractivity contribution < 1.29 is 19.1 Å². The van der Waals surface area contributed by atoms with Crippen LogP contribution in [0.25, 0.3) is 5.76 Å². The lowest BCUT2D eigenvalue weighted by molar-refractivity contribution is -0.132. The summed E-state index contributed by atoms with van der Waals surface area (Å²) in [5, 5.41) is 11.3. The number of ketones is 1. The van der Waals surface area contributed by atoms with Gasteiger partial charge in [-0.1, -0.05) is 17.7 Å². The first-order valence-corrected chi connectivity index (χ1v) is 10.4. The van der Waals surface area contributed by atoms with E-state index >= 15 is 0 Å². The van der Waals surface area contributed by atoms with Crippen molar-refractivity contribution in [2.24, 2.45) is 0 Å². The molecule has 1 amide bonds. The van der Waals surface area contributed by atoms with Gasteiger partial charge in [0.25, 0.3) is 11.7 Å². The van der Waals surface area contributed by atoms with Crippen molar-refractivity contribution in [1.82, 2.24) is 0 Å². The van der Waals surface area contributed by atoms with Gasteiger partial charge < -0.3 is 14.4 Å². The van der Waals surface area contributed by atoms with Gasteiger partial charge in [0, 0.05) is 31.0 Å². The topological polar surface area (TPSA) is 74.0 Å². The highest BCUT2D eigenvalue weighted by atomic mass is 16.3. The summed E-state index contributed by atoms with van der Waals surface area (Å²) in [4.78, 5) is 29.7. The molecule has 0 bridgehead atoms. The second-order valence-electron chi connectivity index (χ2n) is 8.35. The average Bonchev–Trinajstić information content (AvgIpc) is 3.30. The minimum atomic E-state index is -0.867. The van der Waals surface area contributed by atoms with Gasteiger partial charge in [0.1, 0.15) is 23.3 Å². The highest BCUT2D eigenvalue weighted by Gasteiger charge is 2.48. The molecule has 1 N–H and O–H groups in total. The zero-order valence-electron chi connectivity index (χ0n) is 18.8. The molecule has 0 spiro atoms. The van der Waals surface area contributed by atoms with Crippen LogP contribution >= 0.6 is 0 Å². The Morgan fingerprint density at radius 2 is 1.66 bits per heavy atom. The van der Waals surface area contributed by atoms with Crippen LogP contribution in [0.2, 0.25) is 0 Å². The summed E-state index contributed by atoms with van der Waals surface area (Å²) in [6.07, 6.45) is 0. The molecule has 1 aliphatic heterocycles. The molecule has 2 heterocycles. The Labute approximate surface area is 187 Å². The van der Waals surface area contributed by atoms with Crippen molar-refractivity contribution >= 4 is 28.8 Å². The third-order valence-electron chi connectivity index (χ3n) is 5.77. The van der Waals surface area contributed by atoms with Gasteiger partial charge in [-0.3, -0.25) is 14.5 Å². The predicted molar refractivity (Wildman–Crippen MR) is 125 cm³/mol. The second kappa shape index (κ2) is 8.04. The molecule has 0 radical (unpaired) electrons. The number of aliphatic hydroxyl groups excluding tert-OH is 1. The van der Waals surface area contributed by atoms with Crippen molar-refractivity contribution in [1.29, 1.82) is 0 Å². The number of nitrogens with zero attached hydrogens (tertiary/aromatic N) is 2. The van der Waals surface area contributed by atoms with E-state index in [1.54, 1.807) is 31.2 Å². The molecule has 4 rings (SSSR count). The number of Topliss-reactive ketones (excluding diaryl/α,β-unsaturated/α-hetero) is 1. The van der Waals surface area contributed by atoms with E-state index in [1.165, 1.54) is 4.90 Å². The van der Waals surface area contributed by atoms with Crippen LogP contribution in [0.3, 0.4) is 0 Å². The Bertz CT molecular complexity index is 1230. The largest absolute Gasteiger partial charge is 0.507 e. The molecule has 1 atom stereocenters. The fourth-order valence-electron chi connectivity index (χ4n) is 4.02. The van der Waals surface area contributed by atoms with E-state index in [0.717, 1.165) is 16.8 Å². The lowest BCUT2D eigenvalue weighted by atomic mass is 9.96. The number of amides is 1. The van der Waals surface area contributed by atoms with Crippen LogP contribution in [0.1, 0.15) is 34.3 Å². The predicted octanol–water partition coefficient (Wildman–Crippen LogP) is 4.90. The first-order chi connectivity index (χ1) is 15.2. The van der Waals surface area contributed by atoms with Crippen LogP contribution in [-0.2, 0) is 9.59 Å². The van der Waals surface area contributed by atoms with Gasteiger partial charge in [-0.2, -0.15) is 0 Å². The molecule has 0 aliphatic carbocycles. The maximum Gasteiger partial charge on any atom is 0.300 e. The SMILES string of the molecule is Cc1ccc(C)c(/C(O)=C2\C(=O)C(=O)N(c3ccc(N(C)C)cc3)C2c2ccc(C)o2)c1. The number of carbonyl (C=O) groups is 2. The van der Waals surface area contributed by atoms with Crippen molar-refractivity contribution in [3.8, 4) is 0 Å². The summed E-state index contributed by atoms with van der Waals surface area (Å²) >= 11 is 0. The number of furan rings is 1. The van der Waals surface area contributed by atoms with Gasteiger partial charge in [-0.15, -0.1) is 0 Å². The molecule has 32 heavy (non-hydrogen) atoms.